The summed E-state index contributed by atoms with van der Waals surface area (Å²) < 4.78 is 5.26. The lowest BCUT2D eigenvalue weighted by molar-refractivity contribution is -0.115. The number of fused-ring (bicyclic) bond motifs is 1. The first-order chi connectivity index (χ1) is 13.4. The largest absolute Gasteiger partial charge is 0.495 e. The fourth-order valence-electron chi connectivity index (χ4n) is 3.13. The predicted octanol–water partition coefficient (Wildman–Crippen LogP) is 5.94. The van der Waals surface area contributed by atoms with Gasteiger partial charge in [0.05, 0.1) is 23.3 Å². The van der Waals surface area contributed by atoms with Crippen molar-refractivity contribution in [1.82, 2.24) is 4.98 Å². The Kier molecular flexibility index (Phi) is 6.47. The van der Waals surface area contributed by atoms with Crippen molar-refractivity contribution < 1.29 is 9.53 Å². The zero-order valence-electron chi connectivity index (χ0n) is 16.4. The topological polar surface area (TPSA) is 51.2 Å². The van der Waals surface area contributed by atoms with Crippen LogP contribution in [0.1, 0.15) is 23.1 Å². The zero-order valence-corrected chi connectivity index (χ0v) is 18.0. The third-order valence-electron chi connectivity index (χ3n) is 4.45. The van der Waals surface area contributed by atoms with Crippen LogP contribution in [0.2, 0.25) is 5.02 Å². The molecule has 4 nitrogen and oxygen atoms in total. The average Bonchev–Trinajstić information content (AvgIpc) is 2.63. The van der Waals surface area contributed by atoms with E-state index in [2.05, 4.69) is 44.3 Å². The highest BCUT2D eigenvalue weighted by Crippen LogP contribution is 2.29. The zero-order chi connectivity index (χ0) is 20.3. The van der Waals surface area contributed by atoms with E-state index in [0.717, 1.165) is 10.5 Å². The van der Waals surface area contributed by atoms with Crippen molar-refractivity contribution in [3.63, 3.8) is 0 Å². The molecule has 0 radical (unpaired) electrons. The van der Waals surface area contributed by atoms with Crippen LogP contribution in [0.25, 0.3) is 10.9 Å². The van der Waals surface area contributed by atoms with Gasteiger partial charge in [0, 0.05) is 22.6 Å². The Morgan fingerprint density at radius 1 is 1.14 bits per heavy atom. The molecule has 0 saturated carbocycles. The molecule has 6 heteroatoms. The van der Waals surface area contributed by atoms with Gasteiger partial charge in [-0.25, -0.2) is 4.98 Å². The number of carbonyl (C=O) groups is 1. The van der Waals surface area contributed by atoms with Crippen LogP contribution in [0.4, 0.5) is 5.69 Å². The highest BCUT2D eigenvalue weighted by molar-refractivity contribution is 7.99. The van der Waals surface area contributed by atoms with Crippen molar-refractivity contribution in [1.29, 1.82) is 0 Å². The normalized spacial score (nSPS) is 10.9. The van der Waals surface area contributed by atoms with E-state index >= 15 is 0 Å². The summed E-state index contributed by atoms with van der Waals surface area (Å²) in [5.74, 6) is 1.14. The Balaban J connectivity index is 1.65. The van der Waals surface area contributed by atoms with Gasteiger partial charge in [-0.3, -0.25) is 4.79 Å². The minimum atomic E-state index is -0.0858. The van der Waals surface area contributed by atoms with Crippen LogP contribution in [0.15, 0.2) is 41.4 Å². The summed E-state index contributed by atoms with van der Waals surface area (Å²) in [6.45, 7) is 6.29. The monoisotopic (exact) mass is 414 g/mol. The van der Waals surface area contributed by atoms with Crippen LogP contribution >= 0.6 is 23.4 Å². The van der Waals surface area contributed by atoms with Crippen molar-refractivity contribution in [3.05, 3.63) is 58.1 Å². The molecule has 0 fully saturated rings. The second kappa shape index (κ2) is 8.84. The second-order valence-electron chi connectivity index (χ2n) is 6.75. The van der Waals surface area contributed by atoms with Crippen LogP contribution in [-0.4, -0.2) is 23.8 Å². The number of benzene rings is 2. The number of ether oxygens (including phenoxy) is 1. The number of carbonyl (C=O) groups excluding carboxylic acids is 1. The molecule has 0 aliphatic heterocycles. The number of nitrogens with zero attached hydrogens (tertiary/aromatic N) is 1. The van der Waals surface area contributed by atoms with E-state index in [1.54, 1.807) is 37.1 Å². The van der Waals surface area contributed by atoms with Gasteiger partial charge >= 0.3 is 0 Å². The number of thioether (sulfide) groups is 1. The molecule has 0 aliphatic carbocycles. The minimum absolute atomic E-state index is 0.0858. The maximum Gasteiger partial charge on any atom is 0.225 e. The van der Waals surface area contributed by atoms with Gasteiger partial charge in [-0.15, -0.1) is 11.8 Å². The maximum atomic E-state index is 12.3. The van der Waals surface area contributed by atoms with Crippen LogP contribution in [-0.2, 0) is 4.79 Å². The molecule has 0 saturated heterocycles. The first kappa shape index (κ1) is 20.5. The van der Waals surface area contributed by atoms with E-state index in [-0.39, 0.29) is 5.91 Å². The molecule has 1 aromatic heterocycles. The number of aryl methyl sites for hydroxylation is 3. The SMILES string of the molecule is COc1ccc(Cl)cc1NC(=O)CCSc1cc(C)c2cc(C)cc(C)c2n1. The first-order valence-electron chi connectivity index (χ1n) is 9.02. The van der Waals surface area contributed by atoms with Crippen LogP contribution in [0, 0.1) is 20.8 Å². The lowest BCUT2D eigenvalue weighted by Crippen LogP contribution is -2.13. The van der Waals surface area contributed by atoms with Gasteiger partial charge in [-0.2, -0.15) is 0 Å². The maximum absolute atomic E-state index is 12.3. The molecule has 0 atom stereocenters. The van der Waals surface area contributed by atoms with Crippen molar-refractivity contribution in [2.24, 2.45) is 0 Å². The number of halogens is 1. The van der Waals surface area contributed by atoms with E-state index in [9.17, 15) is 4.79 Å². The number of aromatic nitrogens is 1. The van der Waals surface area contributed by atoms with E-state index in [0.29, 0.717) is 28.6 Å². The van der Waals surface area contributed by atoms with Gasteiger partial charge in [0.15, 0.2) is 0 Å². The fourth-order valence-corrected chi connectivity index (χ4v) is 4.21. The molecular weight excluding hydrogens is 392 g/mol. The predicted molar refractivity (Wildman–Crippen MR) is 118 cm³/mol. The Bertz CT molecular complexity index is 1040. The molecule has 0 aliphatic rings. The minimum Gasteiger partial charge on any atom is -0.495 e. The quantitative estimate of drug-likeness (QED) is 0.507. The molecule has 1 heterocycles. The molecule has 2 aromatic carbocycles. The van der Waals surface area contributed by atoms with Gasteiger partial charge in [-0.05, 0) is 62.2 Å². The van der Waals surface area contributed by atoms with Crippen LogP contribution in [0.3, 0.4) is 0 Å². The number of methoxy groups -OCH3 is 1. The van der Waals surface area contributed by atoms with Gasteiger partial charge in [-0.1, -0.05) is 23.2 Å². The summed E-state index contributed by atoms with van der Waals surface area (Å²) in [6, 6.07) is 11.6. The number of amides is 1. The number of anilines is 1. The first-order valence-corrected chi connectivity index (χ1v) is 10.4. The van der Waals surface area contributed by atoms with Gasteiger partial charge in [0.1, 0.15) is 5.75 Å². The Morgan fingerprint density at radius 2 is 1.93 bits per heavy atom. The van der Waals surface area contributed by atoms with E-state index in [1.165, 1.54) is 22.1 Å². The molecule has 1 N–H and O–H groups in total. The number of hydrogen-bond acceptors (Lipinski definition) is 4. The van der Waals surface area contributed by atoms with Crippen molar-refractivity contribution in [2.75, 3.05) is 18.2 Å². The molecule has 3 aromatic rings. The molecule has 1 amide bonds. The number of pyridine rings is 1. The lowest BCUT2D eigenvalue weighted by Gasteiger charge is -2.11. The Morgan fingerprint density at radius 3 is 2.68 bits per heavy atom. The summed E-state index contributed by atoms with van der Waals surface area (Å²) in [5, 5.41) is 5.53. The van der Waals surface area contributed by atoms with Crippen molar-refractivity contribution in [2.45, 2.75) is 32.2 Å². The van der Waals surface area contributed by atoms with Crippen molar-refractivity contribution in [3.8, 4) is 5.75 Å². The third-order valence-corrected chi connectivity index (χ3v) is 5.59. The Hall–Kier alpha value is -2.24. The third kappa shape index (κ3) is 4.78. The summed E-state index contributed by atoms with van der Waals surface area (Å²) >= 11 is 7.59. The number of nitrogens with one attached hydrogen (secondary N) is 1. The van der Waals surface area contributed by atoms with Crippen LogP contribution in [0.5, 0.6) is 5.75 Å². The summed E-state index contributed by atoms with van der Waals surface area (Å²) in [6.07, 6.45) is 0.367. The number of rotatable bonds is 6. The van der Waals surface area contributed by atoms with Gasteiger partial charge < -0.3 is 10.1 Å². The smallest absolute Gasteiger partial charge is 0.225 e. The summed E-state index contributed by atoms with van der Waals surface area (Å²) in [5.41, 5.74) is 5.22. The highest BCUT2D eigenvalue weighted by Gasteiger charge is 2.10. The molecule has 28 heavy (non-hydrogen) atoms. The van der Waals surface area contributed by atoms with E-state index in [4.69, 9.17) is 21.3 Å². The standard InChI is InChI=1S/C22H23ClN2O2S/c1-13-9-15(3)22-17(10-13)14(2)11-21(25-22)28-8-7-20(26)24-18-12-16(23)5-6-19(18)27-4/h5-6,9-12H,7-8H2,1-4H3,(H,24,26). The van der Waals surface area contributed by atoms with Gasteiger partial charge in [0.25, 0.3) is 0 Å². The van der Waals surface area contributed by atoms with Gasteiger partial charge in [0.2, 0.25) is 5.91 Å². The molecule has 0 spiro atoms. The van der Waals surface area contributed by atoms with Crippen molar-refractivity contribution >= 4 is 45.9 Å². The lowest BCUT2D eigenvalue weighted by atomic mass is 10.0. The second-order valence-corrected chi connectivity index (χ2v) is 8.30. The molecular formula is C22H23ClN2O2S. The molecule has 146 valence electrons. The van der Waals surface area contributed by atoms with E-state index in [1.807, 2.05) is 0 Å². The highest BCUT2D eigenvalue weighted by atomic mass is 35.5. The summed E-state index contributed by atoms with van der Waals surface area (Å²) in [7, 11) is 1.56. The summed E-state index contributed by atoms with van der Waals surface area (Å²) in [4.78, 5) is 17.1. The Labute approximate surface area is 174 Å². The molecule has 3 rings (SSSR count). The molecule has 0 unspecified atom stereocenters. The van der Waals surface area contributed by atoms with Crippen LogP contribution < -0.4 is 10.1 Å². The average molecular weight is 415 g/mol. The number of hydrogen-bond donors (Lipinski definition) is 1. The van der Waals surface area contributed by atoms with E-state index < -0.39 is 0 Å². The fraction of sp³-hybridized carbons (Fsp3) is 0.273. The molecule has 0 bridgehead atoms.